The molecule has 1 fully saturated rings. The Labute approximate surface area is 91.4 Å². The normalized spacial score (nSPS) is 26.6. The Morgan fingerprint density at radius 3 is 2.80 bits per heavy atom. The van der Waals surface area contributed by atoms with Gasteiger partial charge in [0.05, 0.1) is 12.1 Å². The summed E-state index contributed by atoms with van der Waals surface area (Å²) in [6.45, 7) is 5.73. The van der Waals surface area contributed by atoms with Gasteiger partial charge in [0.2, 0.25) is 0 Å². The summed E-state index contributed by atoms with van der Waals surface area (Å²) in [5.41, 5.74) is 9.95. The van der Waals surface area contributed by atoms with E-state index in [2.05, 4.69) is 32.0 Å². The Morgan fingerprint density at radius 1 is 1.33 bits per heavy atom. The van der Waals surface area contributed by atoms with Crippen LogP contribution < -0.4 is 5.73 Å². The van der Waals surface area contributed by atoms with Crippen molar-refractivity contribution in [3.05, 3.63) is 34.9 Å². The molecule has 2 rings (SSSR count). The number of rotatable bonds is 1. The Kier molecular flexibility index (Phi) is 2.81. The minimum atomic E-state index is -0.269. The summed E-state index contributed by atoms with van der Waals surface area (Å²) in [5, 5.41) is 0. The van der Waals surface area contributed by atoms with Crippen LogP contribution in [0, 0.1) is 13.8 Å². The standard InChI is InChI=1S/C13H19NO/c1-10-4-5-11(2)12(8-10)13(14)6-3-7-15-9-13/h4-5,8H,3,6-7,9,14H2,1-2H3. The molecule has 1 aliphatic heterocycles. The average molecular weight is 205 g/mol. The Hall–Kier alpha value is -0.860. The highest BCUT2D eigenvalue weighted by molar-refractivity contribution is 5.36. The molecule has 1 saturated heterocycles. The van der Waals surface area contributed by atoms with Gasteiger partial charge in [-0.1, -0.05) is 23.8 Å². The van der Waals surface area contributed by atoms with Gasteiger partial charge in [0.15, 0.2) is 0 Å². The van der Waals surface area contributed by atoms with Gasteiger partial charge in [-0.2, -0.15) is 0 Å². The van der Waals surface area contributed by atoms with Crippen molar-refractivity contribution in [2.75, 3.05) is 13.2 Å². The molecule has 0 aliphatic carbocycles. The van der Waals surface area contributed by atoms with Gasteiger partial charge in [-0.25, -0.2) is 0 Å². The molecule has 0 aromatic heterocycles. The van der Waals surface area contributed by atoms with E-state index in [0.29, 0.717) is 6.61 Å². The van der Waals surface area contributed by atoms with E-state index in [0.717, 1.165) is 19.4 Å². The van der Waals surface area contributed by atoms with Crippen LogP contribution in [0.2, 0.25) is 0 Å². The van der Waals surface area contributed by atoms with Crippen LogP contribution in [0.5, 0.6) is 0 Å². The first-order chi connectivity index (χ1) is 7.12. The predicted octanol–water partition coefficient (Wildman–Crippen LogP) is 2.27. The summed E-state index contributed by atoms with van der Waals surface area (Å²) < 4.78 is 5.51. The van der Waals surface area contributed by atoms with Crippen LogP contribution in [0.1, 0.15) is 29.5 Å². The van der Waals surface area contributed by atoms with Gasteiger partial charge >= 0.3 is 0 Å². The third-order valence-electron chi connectivity index (χ3n) is 3.20. The molecule has 15 heavy (non-hydrogen) atoms. The van der Waals surface area contributed by atoms with Crippen molar-refractivity contribution < 1.29 is 4.74 Å². The molecule has 1 aromatic carbocycles. The van der Waals surface area contributed by atoms with Crippen molar-refractivity contribution in [3.8, 4) is 0 Å². The lowest BCUT2D eigenvalue weighted by atomic mass is 9.83. The Balaban J connectivity index is 2.38. The van der Waals surface area contributed by atoms with Crippen LogP contribution in [-0.4, -0.2) is 13.2 Å². The van der Waals surface area contributed by atoms with Crippen LogP contribution in [0.15, 0.2) is 18.2 Å². The van der Waals surface area contributed by atoms with E-state index in [4.69, 9.17) is 10.5 Å². The summed E-state index contributed by atoms with van der Waals surface area (Å²) in [7, 11) is 0. The molecular weight excluding hydrogens is 186 g/mol. The van der Waals surface area contributed by atoms with E-state index in [1.165, 1.54) is 16.7 Å². The van der Waals surface area contributed by atoms with Gasteiger partial charge in [0.25, 0.3) is 0 Å². The average Bonchev–Trinajstić information content (AvgIpc) is 2.23. The molecule has 2 N–H and O–H groups in total. The molecule has 2 heteroatoms. The number of benzene rings is 1. The third kappa shape index (κ3) is 2.06. The number of ether oxygens (including phenoxy) is 1. The monoisotopic (exact) mass is 205 g/mol. The molecule has 1 aromatic rings. The van der Waals surface area contributed by atoms with E-state index in [1.807, 2.05) is 0 Å². The first-order valence-electron chi connectivity index (χ1n) is 5.56. The predicted molar refractivity (Wildman–Crippen MR) is 61.8 cm³/mol. The quantitative estimate of drug-likeness (QED) is 0.763. The first kappa shape index (κ1) is 10.7. The van der Waals surface area contributed by atoms with Crippen molar-refractivity contribution >= 4 is 0 Å². The van der Waals surface area contributed by atoms with E-state index < -0.39 is 0 Å². The van der Waals surface area contributed by atoms with Gasteiger partial charge in [-0.15, -0.1) is 0 Å². The van der Waals surface area contributed by atoms with Gasteiger partial charge < -0.3 is 10.5 Å². The van der Waals surface area contributed by atoms with Crippen LogP contribution in [0.4, 0.5) is 0 Å². The van der Waals surface area contributed by atoms with Crippen LogP contribution in [0.3, 0.4) is 0 Å². The zero-order chi connectivity index (χ0) is 10.9. The largest absolute Gasteiger partial charge is 0.379 e. The van der Waals surface area contributed by atoms with Crippen LogP contribution in [0.25, 0.3) is 0 Å². The molecule has 1 heterocycles. The van der Waals surface area contributed by atoms with E-state index in [1.54, 1.807) is 0 Å². The molecular formula is C13H19NO. The lowest BCUT2D eigenvalue weighted by molar-refractivity contribution is 0.0364. The summed E-state index contributed by atoms with van der Waals surface area (Å²) in [4.78, 5) is 0. The minimum Gasteiger partial charge on any atom is -0.379 e. The van der Waals surface area contributed by atoms with Crippen molar-refractivity contribution in [2.45, 2.75) is 32.2 Å². The Morgan fingerprint density at radius 2 is 2.13 bits per heavy atom. The molecule has 0 spiro atoms. The highest BCUT2D eigenvalue weighted by Crippen LogP contribution is 2.30. The maximum Gasteiger partial charge on any atom is 0.0688 e. The smallest absolute Gasteiger partial charge is 0.0688 e. The lowest BCUT2D eigenvalue weighted by Gasteiger charge is -2.35. The Bertz CT molecular complexity index is 354. The van der Waals surface area contributed by atoms with Crippen molar-refractivity contribution in [2.24, 2.45) is 5.73 Å². The molecule has 2 nitrogen and oxygen atoms in total. The number of aryl methyl sites for hydroxylation is 2. The van der Waals surface area contributed by atoms with E-state index in [9.17, 15) is 0 Å². The summed E-state index contributed by atoms with van der Waals surface area (Å²) in [6, 6.07) is 6.48. The number of hydrogen-bond donors (Lipinski definition) is 1. The third-order valence-corrected chi connectivity index (χ3v) is 3.20. The lowest BCUT2D eigenvalue weighted by Crippen LogP contribution is -2.45. The number of nitrogens with two attached hydrogens (primary N) is 1. The fourth-order valence-corrected chi connectivity index (χ4v) is 2.30. The second kappa shape index (κ2) is 3.95. The molecule has 1 atom stereocenters. The molecule has 0 saturated carbocycles. The highest BCUT2D eigenvalue weighted by atomic mass is 16.5. The highest BCUT2D eigenvalue weighted by Gasteiger charge is 2.31. The minimum absolute atomic E-state index is 0.269. The maximum atomic E-state index is 6.43. The zero-order valence-electron chi connectivity index (χ0n) is 9.55. The van der Waals surface area contributed by atoms with E-state index in [-0.39, 0.29) is 5.54 Å². The molecule has 1 aliphatic rings. The van der Waals surface area contributed by atoms with Crippen LogP contribution in [-0.2, 0) is 10.3 Å². The van der Waals surface area contributed by atoms with Gasteiger partial charge in [-0.05, 0) is 37.8 Å². The fourth-order valence-electron chi connectivity index (χ4n) is 2.30. The van der Waals surface area contributed by atoms with Gasteiger partial charge in [0, 0.05) is 6.61 Å². The SMILES string of the molecule is Cc1ccc(C)c(C2(N)CCCOC2)c1. The first-order valence-corrected chi connectivity index (χ1v) is 5.56. The van der Waals surface area contributed by atoms with Gasteiger partial charge in [-0.3, -0.25) is 0 Å². The van der Waals surface area contributed by atoms with Gasteiger partial charge in [0.1, 0.15) is 0 Å². The summed E-state index contributed by atoms with van der Waals surface area (Å²) in [6.07, 6.45) is 2.08. The maximum absolute atomic E-state index is 6.43. The van der Waals surface area contributed by atoms with E-state index >= 15 is 0 Å². The molecule has 82 valence electrons. The summed E-state index contributed by atoms with van der Waals surface area (Å²) in [5.74, 6) is 0. The van der Waals surface area contributed by atoms with Crippen molar-refractivity contribution in [1.82, 2.24) is 0 Å². The van der Waals surface area contributed by atoms with Crippen molar-refractivity contribution in [3.63, 3.8) is 0 Å². The second-order valence-corrected chi connectivity index (χ2v) is 4.63. The van der Waals surface area contributed by atoms with Crippen molar-refractivity contribution in [1.29, 1.82) is 0 Å². The molecule has 1 unspecified atom stereocenters. The number of hydrogen-bond acceptors (Lipinski definition) is 2. The fraction of sp³-hybridized carbons (Fsp3) is 0.538. The second-order valence-electron chi connectivity index (χ2n) is 4.63. The zero-order valence-corrected chi connectivity index (χ0v) is 9.55. The molecule has 0 bridgehead atoms. The summed E-state index contributed by atoms with van der Waals surface area (Å²) >= 11 is 0. The van der Waals surface area contributed by atoms with Crippen LogP contribution >= 0.6 is 0 Å². The topological polar surface area (TPSA) is 35.2 Å². The molecule has 0 radical (unpaired) electrons. The molecule has 0 amide bonds.